The zero-order valence-corrected chi connectivity index (χ0v) is 18.6. The van der Waals surface area contributed by atoms with E-state index in [0.717, 1.165) is 44.5 Å². The summed E-state index contributed by atoms with van der Waals surface area (Å²) >= 11 is 0. The molecule has 1 saturated heterocycles. The van der Waals surface area contributed by atoms with E-state index in [2.05, 4.69) is 35.9 Å². The van der Waals surface area contributed by atoms with Crippen LogP contribution in [0, 0.1) is 6.92 Å². The van der Waals surface area contributed by atoms with Crippen LogP contribution in [0.2, 0.25) is 0 Å². The highest BCUT2D eigenvalue weighted by Crippen LogP contribution is 2.36. The molecule has 2 N–H and O–H groups in total. The minimum Gasteiger partial charge on any atom is -0.478 e. The number of aromatic carboxylic acids is 1. The van der Waals surface area contributed by atoms with Gasteiger partial charge >= 0.3 is 5.97 Å². The van der Waals surface area contributed by atoms with Crippen molar-refractivity contribution in [3.8, 4) is 0 Å². The van der Waals surface area contributed by atoms with Crippen LogP contribution in [0.5, 0.6) is 0 Å². The van der Waals surface area contributed by atoms with Gasteiger partial charge in [-0.3, -0.25) is 4.90 Å². The Balaban J connectivity index is 1.69. The van der Waals surface area contributed by atoms with E-state index < -0.39 is 5.97 Å². The molecule has 1 aromatic heterocycles. The highest BCUT2D eigenvalue weighted by Gasteiger charge is 2.31. The molecule has 0 radical (unpaired) electrons. The van der Waals surface area contributed by atoms with Crippen molar-refractivity contribution in [2.45, 2.75) is 58.7 Å². The Morgan fingerprint density at radius 3 is 2.68 bits per heavy atom. The van der Waals surface area contributed by atoms with Gasteiger partial charge < -0.3 is 14.8 Å². The van der Waals surface area contributed by atoms with Crippen LogP contribution >= 0.6 is 0 Å². The van der Waals surface area contributed by atoms with Gasteiger partial charge in [0.1, 0.15) is 0 Å². The van der Waals surface area contributed by atoms with E-state index in [1.807, 2.05) is 25.3 Å². The van der Waals surface area contributed by atoms with Gasteiger partial charge in [-0.05, 0) is 73.6 Å². The number of likely N-dealkylation sites (tertiary alicyclic amines) is 1. The maximum absolute atomic E-state index is 11.3. The van der Waals surface area contributed by atoms with Crippen molar-refractivity contribution in [3.05, 3.63) is 70.4 Å². The van der Waals surface area contributed by atoms with Crippen molar-refractivity contribution < 1.29 is 14.6 Å². The maximum atomic E-state index is 11.3. The number of aryl methyl sites for hydroxylation is 2. The topological polar surface area (TPSA) is 65.6 Å². The number of nitrogens with zero attached hydrogens (tertiary/aromatic N) is 1. The Kier molecular flexibility index (Phi) is 6.44. The van der Waals surface area contributed by atoms with Gasteiger partial charge in [-0.15, -0.1) is 0 Å². The predicted octanol–water partition coefficient (Wildman–Crippen LogP) is 5.48. The summed E-state index contributed by atoms with van der Waals surface area (Å²) in [4.78, 5) is 17.2. The SMILES string of the molecule is CCO[C@H]1CCN(Cc2c(CC)cc(C)c3[nH]ccc23)[C@H](c2ccc(C(=O)O)cc2)C1. The molecule has 4 rings (SSSR count). The Bertz CT molecular complexity index is 1050. The van der Waals surface area contributed by atoms with Crippen LogP contribution in [-0.4, -0.2) is 40.2 Å². The number of carbonyl (C=O) groups is 1. The molecule has 2 atom stereocenters. The molecule has 5 nitrogen and oxygen atoms in total. The average Bonchev–Trinajstić information content (AvgIpc) is 3.27. The molecule has 5 heteroatoms. The number of aromatic nitrogens is 1. The Labute approximate surface area is 184 Å². The number of aromatic amines is 1. The number of nitrogens with one attached hydrogen (secondary N) is 1. The molecule has 0 saturated carbocycles. The van der Waals surface area contributed by atoms with Gasteiger partial charge in [0, 0.05) is 42.8 Å². The number of hydrogen-bond acceptors (Lipinski definition) is 3. The standard InChI is InChI=1S/C26H32N2O3/c1-4-18-14-17(3)25-22(10-12-27-25)23(18)16-28-13-11-21(31-5-2)15-24(28)19-6-8-20(9-7-19)26(29)30/h6-10,12,14,21,24,27H,4-5,11,13,15-16H2,1-3H3,(H,29,30)/t21-,24-/m0/s1. The summed E-state index contributed by atoms with van der Waals surface area (Å²) in [7, 11) is 0. The fraction of sp³-hybridized carbons (Fsp3) is 0.423. The number of rotatable bonds is 7. The molecule has 0 unspecified atom stereocenters. The lowest BCUT2D eigenvalue weighted by atomic mass is 9.90. The van der Waals surface area contributed by atoms with E-state index in [-0.39, 0.29) is 12.1 Å². The van der Waals surface area contributed by atoms with E-state index in [9.17, 15) is 9.90 Å². The number of ether oxygens (including phenoxy) is 1. The molecule has 1 fully saturated rings. The molecular formula is C26H32N2O3. The van der Waals surface area contributed by atoms with E-state index in [1.54, 1.807) is 12.1 Å². The first-order chi connectivity index (χ1) is 15.0. The number of carboxylic acids is 1. The number of hydrogen-bond donors (Lipinski definition) is 2. The molecule has 0 amide bonds. The number of carboxylic acid groups (broad SMARTS) is 1. The van der Waals surface area contributed by atoms with Gasteiger partial charge in [0.2, 0.25) is 0 Å². The highest BCUT2D eigenvalue weighted by atomic mass is 16.5. The second kappa shape index (κ2) is 9.25. The summed E-state index contributed by atoms with van der Waals surface area (Å²) in [6.07, 6.45) is 5.21. The van der Waals surface area contributed by atoms with E-state index in [0.29, 0.717) is 5.56 Å². The van der Waals surface area contributed by atoms with Gasteiger partial charge in [0.15, 0.2) is 0 Å². The third kappa shape index (κ3) is 4.39. The number of benzene rings is 2. The van der Waals surface area contributed by atoms with Crippen LogP contribution in [-0.2, 0) is 17.7 Å². The first-order valence-corrected chi connectivity index (χ1v) is 11.3. The Hall–Kier alpha value is -2.63. The second-order valence-electron chi connectivity index (χ2n) is 8.47. The van der Waals surface area contributed by atoms with Crippen LogP contribution in [0.15, 0.2) is 42.6 Å². The van der Waals surface area contributed by atoms with Crippen LogP contribution in [0.1, 0.15) is 65.3 Å². The van der Waals surface area contributed by atoms with E-state index >= 15 is 0 Å². The fourth-order valence-corrected chi connectivity index (χ4v) is 5.00. The molecule has 31 heavy (non-hydrogen) atoms. The van der Waals surface area contributed by atoms with Crippen LogP contribution in [0.3, 0.4) is 0 Å². The molecule has 164 valence electrons. The molecule has 0 spiro atoms. The summed E-state index contributed by atoms with van der Waals surface area (Å²) in [5.41, 5.74) is 6.79. The normalized spacial score (nSPS) is 19.7. The number of fused-ring (bicyclic) bond motifs is 1. The monoisotopic (exact) mass is 420 g/mol. The van der Waals surface area contributed by atoms with Crippen molar-refractivity contribution in [1.82, 2.24) is 9.88 Å². The summed E-state index contributed by atoms with van der Waals surface area (Å²) < 4.78 is 5.99. The lowest BCUT2D eigenvalue weighted by Crippen LogP contribution is -2.39. The van der Waals surface area contributed by atoms with Gasteiger partial charge in [0.25, 0.3) is 0 Å². The fourth-order valence-electron chi connectivity index (χ4n) is 5.00. The lowest BCUT2D eigenvalue weighted by molar-refractivity contribution is -0.0137. The minimum absolute atomic E-state index is 0.202. The maximum Gasteiger partial charge on any atom is 0.335 e. The first-order valence-electron chi connectivity index (χ1n) is 11.3. The van der Waals surface area contributed by atoms with Crippen molar-refractivity contribution >= 4 is 16.9 Å². The third-order valence-electron chi connectivity index (χ3n) is 6.60. The Morgan fingerprint density at radius 1 is 1.23 bits per heavy atom. The number of piperidine rings is 1. The molecule has 2 heterocycles. The van der Waals surface area contributed by atoms with Gasteiger partial charge in [-0.25, -0.2) is 4.79 Å². The molecular weight excluding hydrogens is 388 g/mol. The summed E-state index contributed by atoms with van der Waals surface area (Å²) in [6.45, 7) is 8.99. The molecule has 3 aromatic rings. The predicted molar refractivity (Wildman–Crippen MR) is 124 cm³/mol. The largest absolute Gasteiger partial charge is 0.478 e. The van der Waals surface area contributed by atoms with Crippen molar-refractivity contribution in [2.24, 2.45) is 0 Å². The van der Waals surface area contributed by atoms with Gasteiger partial charge in [-0.1, -0.05) is 25.1 Å². The highest BCUT2D eigenvalue weighted by molar-refractivity contribution is 5.88. The van der Waals surface area contributed by atoms with Gasteiger partial charge in [-0.2, -0.15) is 0 Å². The molecule has 0 aliphatic carbocycles. The van der Waals surface area contributed by atoms with Gasteiger partial charge in [0.05, 0.1) is 11.7 Å². The quantitative estimate of drug-likeness (QED) is 0.531. The zero-order valence-electron chi connectivity index (χ0n) is 18.6. The van der Waals surface area contributed by atoms with Crippen molar-refractivity contribution in [3.63, 3.8) is 0 Å². The van der Waals surface area contributed by atoms with Crippen LogP contribution < -0.4 is 0 Å². The molecule has 1 aliphatic heterocycles. The van der Waals surface area contributed by atoms with E-state index in [1.165, 1.54) is 27.6 Å². The lowest BCUT2D eigenvalue weighted by Gasteiger charge is -2.40. The first kappa shape index (κ1) is 21.6. The van der Waals surface area contributed by atoms with Crippen molar-refractivity contribution in [1.29, 1.82) is 0 Å². The molecule has 2 aromatic carbocycles. The smallest absolute Gasteiger partial charge is 0.335 e. The molecule has 1 aliphatic rings. The summed E-state index contributed by atoms with van der Waals surface area (Å²) in [6, 6.07) is 12.1. The second-order valence-corrected chi connectivity index (χ2v) is 8.47. The zero-order chi connectivity index (χ0) is 22.0. The molecule has 0 bridgehead atoms. The minimum atomic E-state index is -0.888. The van der Waals surface area contributed by atoms with E-state index in [4.69, 9.17) is 4.74 Å². The van der Waals surface area contributed by atoms with Crippen LogP contribution in [0.25, 0.3) is 10.9 Å². The van der Waals surface area contributed by atoms with Crippen LogP contribution in [0.4, 0.5) is 0 Å². The third-order valence-corrected chi connectivity index (χ3v) is 6.60. The Morgan fingerprint density at radius 2 is 2.00 bits per heavy atom. The average molecular weight is 421 g/mol. The summed E-state index contributed by atoms with van der Waals surface area (Å²) in [5.74, 6) is -0.888. The van der Waals surface area contributed by atoms with Crippen molar-refractivity contribution in [2.75, 3.05) is 13.2 Å². The summed E-state index contributed by atoms with van der Waals surface area (Å²) in [5, 5.41) is 10.6. The number of H-pyrrole nitrogens is 1.